The summed E-state index contributed by atoms with van der Waals surface area (Å²) in [4.78, 5) is 0. The molecule has 0 aliphatic rings. The summed E-state index contributed by atoms with van der Waals surface area (Å²) in [5.41, 5.74) is 1.65. The molecule has 1 atom stereocenters. The lowest BCUT2D eigenvalue weighted by atomic mass is 9.92. The van der Waals surface area contributed by atoms with Crippen LogP contribution in [-0.2, 0) is 6.42 Å². The number of hydrogen-bond donors (Lipinski definition) is 1. The SMILES string of the molecule is OCC(Cc1ccccc1F)c1cccc(Br)c1. The molecule has 18 heavy (non-hydrogen) atoms. The molecular weight excluding hydrogens is 295 g/mol. The van der Waals surface area contributed by atoms with E-state index < -0.39 is 0 Å². The summed E-state index contributed by atoms with van der Waals surface area (Å²) in [5.74, 6) is -0.301. The molecule has 3 heteroatoms. The minimum absolute atomic E-state index is 0.00475. The maximum absolute atomic E-state index is 13.6. The van der Waals surface area contributed by atoms with E-state index in [2.05, 4.69) is 15.9 Å². The number of aliphatic hydroxyl groups excluding tert-OH is 1. The highest BCUT2D eigenvalue weighted by molar-refractivity contribution is 9.10. The molecule has 1 unspecified atom stereocenters. The molecule has 0 fully saturated rings. The number of rotatable bonds is 4. The fourth-order valence-electron chi connectivity index (χ4n) is 1.98. The molecule has 0 spiro atoms. The van der Waals surface area contributed by atoms with E-state index in [4.69, 9.17) is 0 Å². The second-order valence-corrected chi connectivity index (χ2v) is 5.15. The van der Waals surface area contributed by atoms with Crippen LogP contribution in [0.1, 0.15) is 17.0 Å². The highest BCUT2D eigenvalue weighted by atomic mass is 79.9. The van der Waals surface area contributed by atoms with Gasteiger partial charge in [-0.1, -0.05) is 46.3 Å². The number of halogens is 2. The molecule has 0 amide bonds. The Labute approximate surface area is 114 Å². The zero-order chi connectivity index (χ0) is 13.0. The third-order valence-electron chi connectivity index (χ3n) is 2.96. The molecule has 94 valence electrons. The monoisotopic (exact) mass is 308 g/mol. The van der Waals surface area contributed by atoms with Gasteiger partial charge in [-0.25, -0.2) is 4.39 Å². The summed E-state index contributed by atoms with van der Waals surface area (Å²) < 4.78 is 14.6. The Morgan fingerprint density at radius 1 is 1.11 bits per heavy atom. The summed E-state index contributed by atoms with van der Waals surface area (Å²) in [7, 11) is 0. The lowest BCUT2D eigenvalue weighted by Gasteiger charge is -2.15. The Balaban J connectivity index is 2.23. The van der Waals surface area contributed by atoms with Crippen molar-refractivity contribution in [2.45, 2.75) is 12.3 Å². The number of aliphatic hydroxyl groups is 1. The van der Waals surface area contributed by atoms with E-state index in [0.717, 1.165) is 10.0 Å². The predicted octanol–water partition coefficient (Wildman–Crippen LogP) is 3.91. The van der Waals surface area contributed by atoms with Gasteiger partial charge in [0.25, 0.3) is 0 Å². The van der Waals surface area contributed by atoms with Crippen molar-refractivity contribution in [3.63, 3.8) is 0 Å². The molecule has 0 saturated heterocycles. The van der Waals surface area contributed by atoms with Crippen LogP contribution in [0.4, 0.5) is 4.39 Å². The molecule has 0 radical (unpaired) electrons. The van der Waals surface area contributed by atoms with Gasteiger partial charge in [0.05, 0.1) is 6.61 Å². The van der Waals surface area contributed by atoms with Crippen LogP contribution in [0.5, 0.6) is 0 Å². The van der Waals surface area contributed by atoms with Gasteiger partial charge in [0.15, 0.2) is 0 Å². The predicted molar refractivity (Wildman–Crippen MR) is 74.1 cm³/mol. The molecule has 2 rings (SSSR count). The third-order valence-corrected chi connectivity index (χ3v) is 3.46. The minimum Gasteiger partial charge on any atom is -0.396 e. The normalized spacial score (nSPS) is 12.4. The molecule has 0 aromatic heterocycles. The lowest BCUT2D eigenvalue weighted by molar-refractivity contribution is 0.263. The molecule has 2 aromatic rings. The summed E-state index contributed by atoms with van der Waals surface area (Å²) in [6.07, 6.45) is 0.500. The molecule has 1 N–H and O–H groups in total. The van der Waals surface area contributed by atoms with Gasteiger partial charge in [-0.05, 0) is 35.7 Å². The standard InChI is InChI=1S/C15H14BrFO/c16-14-6-3-5-11(9-14)13(10-18)8-12-4-1-2-7-15(12)17/h1-7,9,13,18H,8,10H2. The van der Waals surface area contributed by atoms with Gasteiger partial charge in [0.1, 0.15) is 5.82 Å². The van der Waals surface area contributed by atoms with Gasteiger partial charge < -0.3 is 5.11 Å². The van der Waals surface area contributed by atoms with Crippen LogP contribution in [0, 0.1) is 5.82 Å². The molecule has 0 aliphatic heterocycles. The summed E-state index contributed by atoms with van der Waals surface area (Å²) in [6.45, 7) is 0.00475. The Bertz CT molecular complexity index is 527. The second-order valence-electron chi connectivity index (χ2n) is 4.23. The van der Waals surface area contributed by atoms with Gasteiger partial charge in [0.2, 0.25) is 0 Å². The van der Waals surface area contributed by atoms with E-state index in [1.165, 1.54) is 6.07 Å². The Kier molecular flexibility index (Phi) is 4.50. The van der Waals surface area contributed by atoms with Gasteiger partial charge in [-0.15, -0.1) is 0 Å². The van der Waals surface area contributed by atoms with Crippen LogP contribution in [-0.4, -0.2) is 11.7 Å². The van der Waals surface area contributed by atoms with Crippen molar-refractivity contribution >= 4 is 15.9 Å². The highest BCUT2D eigenvalue weighted by Gasteiger charge is 2.13. The summed E-state index contributed by atoms with van der Waals surface area (Å²) >= 11 is 3.40. The van der Waals surface area contributed by atoms with Crippen molar-refractivity contribution in [1.29, 1.82) is 0 Å². The molecule has 2 aromatic carbocycles. The summed E-state index contributed by atoms with van der Waals surface area (Å²) in [6, 6.07) is 14.5. The van der Waals surface area contributed by atoms with E-state index in [0.29, 0.717) is 12.0 Å². The first kappa shape index (κ1) is 13.2. The van der Waals surface area contributed by atoms with Gasteiger partial charge in [-0.2, -0.15) is 0 Å². The smallest absolute Gasteiger partial charge is 0.126 e. The zero-order valence-electron chi connectivity index (χ0n) is 9.81. The molecule has 0 saturated carbocycles. The second kappa shape index (κ2) is 6.12. The maximum atomic E-state index is 13.6. The number of benzene rings is 2. The zero-order valence-corrected chi connectivity index (χ0v) is 11.4. The molecule has 1 nitrogen and oxygen atoms in total. The first-order valence-electron chi connectivity index (χ1n) is 5.80. The van der Waals surface area contributed by atoms with Crippen molar-refractivity contribution in [3.05, 3.63) is 69.9 Å². The van der Waals surface area contributed by atoms with Gasteiger partial charge in [0, 0.05) is 10.4 Å². The Hall–Kier alpha value is -1.19. The average Bonchev–Trinajstić information content (AvgIpc) is 2.38. The lowest BCUT2D eigenvalue weighted by Crippen LogP contribution is -2.08. The van der Waals surface area contributed by atoms with Crippen molar-refractivity contribution < 1.29 is 9.50 Å². The fourth-order valence-corrected chi connectivity index (χ4v) is 2.39. The summed E-state index contributed by atoms with van der Waals surface area (Å²) in [5, 5.41) is 9.48. The van der Waals surface area contributed by atoms with E-state index in [9.17, 15) is 9.50 Å². The van der Waals surface area contributed by atoms with Crippen LogP contribution in [0.25, 0.3) is 0 Å². The maximum Gasteiger partial charge on any atom is 0.126 e. The largest absolute Gasteiger partial charge is 0.396 e. The highest BCUT2D eigenvalue weighted by Crippen LogP contribution is 2.24. The average molecular weight is 309 g/mol. The van der Waals surface area contributed by atoms with Crippen molar-refractivity contribution in [3.8, 4) is 0 Å². The van der Waals surface area contributed by atoms with Crippen LogP contribution in [0.3, 0.4) is 0 Å². The van der Waals surface area contributed by atoms with E-state index in [1.807, 2.05) is 30.3 Å². The van der Waals surface area contributed by atoms with Crippen LogP contribution in [0.15, 0.2) is 53.0 Å². The fraction of sp³-hybridized carbons (Fsp3) is 0.200. The molecular formula is C15H14BrFO. The Morgan fingerprint density at radius 3 is 2.56 bits per heavy atom. The van der Waals surface area contributed by atoms with Crippen molar-refractivity contribution in [1.82, 2.24) is 0 Å². The van der Waals surface area contributed by atoms with Crippen LogP contribution in [0.2, 0.25) is 0 Å². The van der Waals surface area contributed by atoms with E-state index in [1.54, 1.807) is 12.1 Å². The molecule has 0 bridgehead atoms. The van der Waals surface area contributed by atoms with Crippen LogP contribution < -0.4 is 0 Å². The minimum atomic E-state index is -0.217. The van der Waals surface area contributed by atoms with Gasteiger partial charge >= 0.3 is 0 Å². The Morgan fingerprint density at radius 2 is 1.89 bits per heavy atom. The first-order valence-corrected chi connectivity index (χ1v) is 6.59. The van der Waals surface area contributed by atoms with E-state index in [-0.39, 0.29) is 18.3 Å². The molecule has 0 aliphatic carbocycles. The van der Waals surface area contributed by atoms with Crippen LogP contribution >= 0.6 is 15.9 Å². The quantitative estimate of drug-likeness (QED) is 0.908. The third kappa shape index (κ3) is 3.18. The topological polar surface area (TPSA) is 20.2 Å². The number of hydrogen-bond acceptors (Lipinski definition) is 1. The van der Waals surface area contributed by atoms with E-state index >= 15 is 0 Å². The van der Waals surface area contributed by atoms with Gasteiger partial charge in [-0.3, -0.25) is 0 Å². The molecule has 0 heterocycles. The van der Waals surface area contributed by atoms with Crippen molar-refractivity contribution in [2.24, 2.45) is 0 Å². The first-order chi connectivity index (χ1) is 8.70. The van der Waals surface area contributed by atoms with Crippen molar-refractivity contribution in [2.75, 3.05) is 6.61 Å².